The second kappa shape index (κ2) is 18.8. The summed E-state index contributed by atoms with van der Waals surface area (Å²) in [6.07, 6.45) is 8.73. The first kappa shape index (κ1) is 37.9. The van der Waals surface area contributed by atoms with Crippen molar-refractivity contribution in [3.63, 3.8) is 0 Å². The van der Waals surface area contributed by atoms with Crippen molar-refractivity contribution in [1.82, 2.24) is 24.9 Å². The average molecular weight is 737 g/mol. The minimum atomic E-state index is -0.221. The Kier molecular flexibility index (Phi) is 14.2. The molecule has 10 heteroatoms. The van der Waals surface area contributed by atoms with Gasteiger partial charge in [0, 0.05) is 66.4 Å². The summed E-state index contributed by atoms with van der Waals surface area (Å²) < 4.78 is 1.70. The Labute approximate surface area is 311 Å². The van der Waals surface area contributed by atoms with E-state index in [0.717, 1.165) is 94.4 Å². The first-order valence-corrected chi connectivity index (χ1v) is 19.0. The SMILES string of the molecule is CCC(=O)N(CCCCCCCNC(=O)c1nn(-c2ccc(Cl)cc2Cl)c(-c2ccc(Cl)cc2)c1C)C1CCN(CCc2ccccc2)CC1. The van der Waals surface area contributed by atoms with Crippen LogP contribution in [0.2, 0.25) is 15.1 Å². The maximum atomic E-state index is 13.4. The zero-order valence-electron chi connectivity index (χ0n) is 29.1. The number of halogens is 3. The standard InChI is InChI=1S/C40H48Cl3N5O2/c1-3-37(49)47(34-21-26-46(27-22-34)25-20-30-12-8-7-9-13-30)24-11-6-4-5-10-23-44-40(50)38-29(2)39(31-14-16-32(41)17-15-31)48(45-38)36-19-18-33(42)28-35(36)43/h7-9,12-19,28,34H,3-6,10-11,20-27H2,1-2H3,(H,44,50). The van der Waals surface area contributed by atoms with E-state index in [-0.39, 0.29) is 11.8 Å². The summed E-state index contributed by atoms with van der Waals surface area (Å²) in [5.74, 6) is 0.0483. The molecule has 1 saturated heterocycles. The van der Waals surface area contributed by atoms with Gasteiger partial charge in [-0.05, 0) is 74.9 Å². The first-order valence-electron chi connectivity index (χ1n) is 17.9. The third-order valence-corrected chi connectivity index (χ3v) is 10.4. The fraction of sp³-hybridized carbons (Fsp3) is 0.425. The number of likely N-dealkylation sites (tertiary alicyclic amines) is 1. The topological polar surface area (TPSA) is 70.5 Å². The molecule has 4 aromatic rings. The average Bonchev–Trinajstić information content (AvgIpc) is 3.47. The zero-order valence-corrected chi connectivity index (χ0v) is 31.4. The summed E-state index contributed by atoms with van der Waals surface area (Å²) >= 11 is 18.9. The number of hydrogen-bond acceptors (Lipinski definition) is 4. The molecule has 0 saturated carbocycles. The van der Waals surface area contributed by atoms with Crippen molar-refractivity contribution < 1.29 is 9.59 Å². The second-order valence-electron chi connectivity index (χ2n) is 13.1. The van der Waals surface area contributed by atoms with Crippen LogP contribution in [0.5, 0.6) is 0 Å². The van der Waals surface area contributed by atoms with Crippen molar-refractivity contribution >= 4 is 46.6 Å². The van der Waals surface area contributed by atoms with Gasteiger partial charge in [0.15, 0.2) is 5.69 Å². The van der Waals surface area contributed by atoms with E-state index in [0.29, 0.717) is 45.5 Å². The molecule has 0 unspecified atom stereocenters. The van der Waals surface area contributed by atoms with Gasteiger partial charge in [-0.2, -0.15) is 5.10 Å². The minimum absolute atomic E-state index is 0.221. The van der Waals surface area contributed by atoms with Gasteiger partial charge < -0.3 is 15.1 Å². The summed E-state index contributed by atoms with van der Waals surface area (Å²) in [5.41, 5.74) is 4.75. The van der Waals surface area contributed by atoms with Crippen LogP contribution in [0.25, 0.3) is 16.9 Å². The number of piperidine rings is 1. The highest BCUT2D eigenvalue weighted by Gasteiger charge is 2.27. The minimum Gasteiger partial charge on any atom is -0.351 e. The normalized spacial score (nSPS) is 13.8. The lowest BCUT2D eigenvalue weighted by Gasteiger charge is -2.38. The Hall–Kier alpha value is -3.36. The molecule has 7 nitrogen and oxygen atoms in total. The number of nitrogens with one attached hydrogen (secondary N) is 1. The fourth-order valence-electron chi connectivity index (χ4n) is 6.81. The number of carbonyl (C=O) groups is 2. The molecule has 1 aliphatic heterocycles. The summed E-state index contributed by atoms with van der Waals surface area (Å²) in [5, 5.41) is 9.36. The number of benzene rings is 3. The molecule has 0 atom stereocenters. The Morgan fingerprint density at radius 2 is 1.56 bits per heavy atom. The highest BCUT2D eigenvalue weighted by Crippen LogP contribution is 2.33. The molecule has 0 spiro atoms. The van der Waals surface area contributed by atoms with E-state index in [4.69, 9.17) is 39.9 Å². The molecule has 5 rings (SSSR count). The van der Waals surface area contributed by atoms with Crippen LogP contribution in [0.15, 0.2) is 72.8 Å². The molecule has 0 aliphatic carbocycles. The molecule has 1 N–H and O–H groups in total. The third-order valence-electron chi connectivity index (χ3n) is 9.63. The van der Waals surface area contributed by atoms with Crippen LogP contribution in [-0.4, -0.2) is 70.2 Å². The van der Waals surface area contributed by atoms with Gasteiger partial charge in [0.05, 0.1) is 16.4 Å². The first-order chi connectivity index (χ1) is 24.2. The van der Waals surface area contributed by atoms with Gasteiger partial charge in [-0.25, -0.2) is 4.68 Å². The van der Waals surface area contributed by atoms with Crippen LogP contribution in [0.4, 0.5) is 0 Å². The summed E-state index contributed by atoms with van der Waals surface area (Å²) in [6.45, 7) is 8.43. The number of aromatic nitrogens is 2. The van der Waals surface area contributed by atoms with Crippen molar-refractivity contribution in [2.24, 2.45) is 0 Å². The maximum Gasteiger partial charge on any atom is 0.272 e. The third kappa shape index (κ3) is 10.1. The van der Waals surface area contributed by atoms with Crippen LogP contribution >= 0.6 is 34.8 Å². The van der Waals surface area contributed by atoms with E-state index in [2.05, 4.69) is 45.4 Å². The number of hydrogen-bond donors (Lipinski definition) is 1. The molecule has 2 heterocycles. The smallest absolute Gasteiger partial charge is 0.272 e. The molecule has 1 aliphatic rings. The molecular formula is C40H48Cl3N5O2. The van der Waals surface area contributed by atoms with Gasteiger partial charge in [0.25, 0.3) is 5.91 Å². The van der Waals surface area contributed by atoms with Crippen LogP contribution < -0.4 is 5.32 Å². The van der Waals surface area contributed by atoms with Crippen molar-refractivity contribution in [3.8, 4) is 16.9 Å². The number of nitrogens with zero attached hydrogens (tertiary/aromatic N) is 4. The van der Waals surface area contributed by atoms with Gasteiger partial charge in [-0.15, -0.1) is 0 Å². The monoisotopic (exact) mass is 735 g/mol. The van der Waals surface area contributed by atoms with Gasteiger partial charge in [0.1, 0.15) is 0 Å². The van der Waals surface area contributed by atoms with Crippen LogP contribution in [0.3, 0.4) is 0 Å². The predicted molar refractivity (Wildman–Crippen MR) is 206 cm³/mol. The molecule has 1 aromatic heterocycles. The molecule has 0 radical (unpaired) electrons. The van der Waals surface area contributed by atoms with E-state index in [1.165, 1.54) is 5.56 Å². The van der Waals surface area contributed by atoms with E-state index in [1.54, 1.807) is 22.9 Å². The molecule has 3 aromatic carbocycles. The zero-order chi connectivity index (χ0) is 35.5. The molecule has 266 valence electrons. The second-order valence-corrected chi connectivity index (χ2v) is 14.4. The largest absolute Gasteiger partial charge is 0.351 e. The number of rotatable bonds is 16. The number of amides is 2. The molecular weight excluding hydrogens is 689 g/mol. The Bertz CT molecular complexity index is 1700. The predicted octanol–water partition coefficient (Wildman–Crippen LogP) is 9.43. The quantitative estimate of drug-likeness (QED) is 0.116. The lowest BCUT2D eigenvalue weighted by molar-refractivity contribution is -0.134. The van der Waals surface area contributed by atoms with Gasteiger partial charge >= 0.3 is 0 Å². The lowest BCUT2D eigenvalue weighted by atomic mass is 10.0. The molecule has 2 amide bonds. The Morgan fingerprint density at radius 1 is 0.880 bits per heavy atom. The summed E-state index contributed by atoms with van der Waals surface area (Å²) in [6, 6.07) is 23.7. The van der Waals surface area contributed by atoms with Crippen molar-refractivity contribution in [1.29, 1.82) is 0 Å². The van der Waals surface area contributed by atoms with Crippen LogP contribution in [0, 0.1) is 6.92 Å². The van der Waals surface area contributed by atoms with Crippen molar-refractivity contribution in [3.05, 3.63) is 105 Å². The highest BCUT2D eigenvalue weighted by molar-refractivity contribution is 6.35. The molecule has 1 fully saturated rings. The van der Waals surface area contributed by atoms with E-state index in [9.17, 15) is 9.59 Å². The summed E-state index contributed by atoms with van der Waals surface area (Å²) in [7, 11) is 0. The number of carbonyl (C=O) groups excluding carboxylic acids is 2. The van der Waals surface area contributed by atoms with Crippen LogP contribution in [-0.2, 0) is 11.2 Å². The highest BCUT2D eigenvalue weighted by atomic mass is 35.5. The van der Waals surface area contributed by atoms with E-state index < -0.39 is 0 Å². The molecule has 50 heavy (non-hydrogen) atoms. The van der Waals surface area contributed by atoms with E-state index in [1.807, 2.05) is 38.1 Å². The van der Waals surface area contributed by atoms with Gasteiger partial charge in [-0.1, -0.05) is 103 Å². The Balaban J connectivity index is 1.06. The lowest BCUT2D eigenvalue weighted by Crippen LogP contribution is -2.48. The molecule has 0 bridgehead atoms. The Morgan fingerprint density at radius 3 is 2.26 bits per heavy atom. The van der Waals surface area contributed by atoms with Crippen molar-refractivity contribution in [2.75, 3.05) is 32.7 Å². The van der Waals surface area contributed by atoms with Gasteiger partial charge in [-0.3, -0.25) is 9.59 Å². The summed E-state index contributed by atoms with van der Waals surface area (Å²) in [4.78, 5) is 30.9. The van der Waals surface area contributed by atoms with Crippen LogP contribution in [0.1, 0.15) is 79.9 Å². The fourth-order valence-corrected chi connectivity index (χ4v) is 7.42. The van der Waals surface area contributed by atoms with E-state index >= 15 is 0 Å². The van der Waals surface area contributed by atoms with Crippen molar-refractivity contribution in [2.45, 2.75) is 77.7 Å². The van der Waals surface area contributed by atoms with Gasteiger partial charge in [0.2, 0.25) is 5.91 Å². The maximum absolute atomic E-state index is 13.4. The number of unbranched alkanes of at least 4 members (excludes halogenated alkanes) is 4.